The third-order valence-electron chi connectivity index (χ3n) is 4.28. The monoisotopic (exact) mass is 323 g/mol. The van der Waals surface area contributed by atoms with Crippen molar-refractivity contribution >= 4 is 0 Å². The van der Waals surface area contributed by atoms with Crippen LogP contribution >= 0.6 is 0 Å². The molecular weight excluding hydrogens is 306 g/mol. The minimum absolute atomic E-state index is 0.276. The summed E-state index contributed by atoms with van der Waals surface area (Å²) in [6.07, 6.45) is 3.62. The van der Waals surface area contributed by atoms with Crippen molar-refractivity contribution in [3.05, 3.63) is 97.3 Å². The lowest BCUT2D eigenvalue weighted by Crippen LogP contribution is -1.89. The molecule has 0 aliphatic rings. The lowest BCUT2D eigenvalue weighted by Gasteiger charge is -2.14. The number of hydrogen-bond donors (Lipinski definition) is 1. The van der Waals surface area contributed by atoms with Crippen LogP contribution in [-0.2, 0) is 0 Å². The van der Waals surface area contributed by atoms with Crippen LogP contribution in [0.3, 0.4) is 0 Å². The largest absolute Gasteiger partial charge is 0.507 e. The second-order valence-electron chi connectivity index (χ2n) is 5.89. The van der Waals surface area contributed by atoms with Gasteiger partial charge in [-0.2, -0.15) is 0 Å². The van der Waals surface area contributed by atoms with Crippen molar-refractivity contribution in [1.29, 1.82) is 0 Å². The molecule has 0 saturated heterocycles. The number of pyridine rings is 1. The van der Waals surface area contributed by atoms with Crippen LogP contribution < -0.4 is 0 Å². The van der Waals surface area contributed by atoms with E-state index in [2.05, 4.69) is 17.1 Å². The maximum atomic E-state index is 10.7. The zero-order valence-corrected chi connectivity index (χ0v) is 13.6. The smallest absolute Gasteiger partial charge is 0.124 e. The maximum absolute atomic E-state index is 10.7. The summed E-state index contributed by atoms with van der Waals surface area (Å²) >= 11 is 0. The Morgan fingerprint density at radius 1 is 0.560 bits per heavy atom. The molecule has 1 N–H and O–H groups in total. The molecule has 120 valence electrons. The third-order valence-corrected chi connectivity index (χ3v) is 4.28. The molecule has 0 spiro atoms. The summed E-state index contributed by atoms with van der Waals surface area (Å²) in [5.74, 6) is 0.276. The summed E-state index contributed by atoms with van der Waals surface area (Å²) in [5, 5.41) is 10.7. The molecule has 2 nitrogen and oxygen atoms in total. The highest BCUT2D eigenvalue weighted by Crippen LogP contribution is 2.40. The average Bonchev–Trinajstić information content (AvgIpc) is 2.70. The lowest BCUT2D eigenvalue weighted by molar-refractivity contribution is 0.477. The summed E-state index contributed by atoms with van der Waals surface area (Å²) in [7, 11) is 0. The van der Waals surface area contributed by atoms with Crippen LogP contribution in [0, 0.1) is 0 Å². The molecule has 1 heterocycles. The molecule has 1 aromatic heterocycles. The van der Waals surface area contributed by atoms with Crippen molar-refractivity contribution in [3.8, 4) is 39.1 Å². The predicted molar refractivity (Wildman–Crippen MR) is 102 cm³/mol. The van der Waals surface area contributed by atoms with Gasteiger partial charge in [0.1, 0.15) is 5.75 Å². The van der Waals surface area contributed by atoms with Crippen molar-refractivity contribution in [3.63, 3.8) is 0 Å². The number of aromatic nitrogens is 1. The van der Waals surface area contributed by atoms with Crippen LogP contribution in [0.25, 0.3) is 33.4 Å². The molecular formula is C23H17NO. The Morgan fingerprint density at radius 2 is 1.12 bits per heavy atom. The summed E-state index contributed by atoms with van der Waals surface area (Å²) in [5.41, 5.74) is 5.94. The van der Waals surface area contributed by atoms with Crippen molar-refractivity contribution in [2.75, 3.05) is 0 Å². The Morgan fingerprint density at radius 3 is 1.72 bits per heavy atom. The highest BCUT2D eigenvalue weighted by molar-refractivity contribution is 5.89. The van der Waals surface area contributed by atoms with Gasteiger partial charge >= 0.3 is 0 Å². The van der Waals surface area contributed by atoms with Gasteiger partial charge in [-0.1, -0.05) is 66.7 Å². The second-order valence-corrected chi connectivity index (χ2v) is 5.89. The number of phenols is 1. The van der Waals surface area contributed by atoms with Crippen LogP contribution in [0.15, 0.2) is 97.3 Å². The normalized spacial score (nSPS) is 10.6. The number of hydrogen-bond acceptors (Lipinski definition) is 2. The third kappa shape index (κ3) is 3.02. The number of aromatic hydroxyl groups is 1. The van der Waals surface area contributed by atoms with E-state index in [9.17, 15) is 5.11 Å². The molecule has 4 rings (SSSR count). The topological polar surface area (TPSA) is 33.1 Å². The Labute approximate surface area is 147 Å². The van der Waals surface area contributed by atoms with Crippen molar-refractivity contribution in [2.45, 2.75) is 0 Å². The molecule has 0 aliphatic heterocycles. The molecule has 0 unspecified atom stereocenters. The Balaban J connectivity index is 1.98. The summed E-state index contributed by atoms with van der Waals surface area (Å²) in [6, 6.07) is 27.9. The standard InChI is InChI=1S/C23H17NO/c25-23-15-21(17-8-3-1-4-9-17)20(19-12-7-13-24-16-19)14-22(23)18-10-5-2-6-11-18/h1-16,25H. The van der Waals surface area contributed by atoms with E-state index in [-0.39, 0.29) is 5.75 Å². The number of rotatable bonds is 3. The van der Waals surface area contributed by atoms with Crippen LogP contribution in [0.1, 0.15) is 0 Å². The first-order valence-electron chi connectivity index (χ1n) is 8.21. The first-order chi connectivity index (χ1) is 12.3. The molecule has 0 radical (unpaired) electrons. The van der Waals surface area contributed by atoms with Gasteiger partial charge in [-0.05, 0) is 40.5 Å². The van der Waals surface area contributed by atoms with Crippen molar-refractivity contribution in [2.24, 2.45) is 0 Å². The zero-order chi connectivity index (χ0) is 17.1. The number of benzene rings is 3. The van der Waals surface area contributed by atoms with Crippen LogP contribution in [0.2, 0.25) is 0 Å². The lowest BCUT2D eigenvalue weighted by atomic mass is 9.91. The van der Waals surface area contributed by atoms with E-state index in [0.717, 1.165) is 33.4 Å². The molecule has 3 aromatic carbocycles. The van der Waals surface area contributed by atoms with Gasteiger partial charge in [0, 0.05) is 23.5 Å². The van der Waals surface area contributed by atoms with Crippen LogP contribution in [0.5, 0.6) is 5.75 Å². The predicted octanol–water partition coefficient (Wildman–Crippen LogP) is 5.79. The van der Waals surface area contributed by atoms with Gasteiger partial charge in [0.25, 0.3) is 0 Å². The van der Waals surface area contributed by atoms with Crippen molar-refractivity contribution in [1.82, 2.24) is 4.98 Å². The van der Waals surface area contributed by atoms with Crippen LogP contribution in [-0.4, -0.2) is 10.1 Å². The maximum Gasteiger partial charge on any atom is 0.124 e. The molecule has 0 atom stereocenters. The summed E-state index contributed by atoms with van der Waals surface area (Å²) in [6.45, 7) is 0. The highest BCUT2D eigenvalue weighted by atomic mass is 16.3. The summed E-state index contributed by atoms with van der Waals surface area (Å²) < 4.78 is 0. The van der Waals surface area contributed by atoms with E-state index in [1.54, 1.807) is 6.20 Å². The first kappa shape index (κ1) is 15.2. The second kappa shape index (κ2) is 6.62. The van der Waals surface area contributed by atoms with Gasteiger partial charge < -0.3 is 5.11 Å². The average molecular weight is 323 g/mol. The van der Waals surface area contributed by atoms with E-state index in [1.807, 2.05) is 79.0 Å². The zero-order valence-electron chi connectivity index (χ0n) is 13.6. The molecule has 0 fully saturated rings. The van der Waals surface area contributed by atoms with Crippen molar-refractivity contribution < 1.29 is 5.11 Å². The molecule has 25 heavy (non-hydrogen) atoms. The fourth-order valence-corrected chi connectivity index (χ4v) is 3.05. The number of nitrogens with zero attached hydrogens (tertiary/aromatic N) is 1. The highest BCUT2D eigenvalue weighted by Gasteiger charge is 2.14. The van der Waals surface area contributed by atoms with Gasteiger partial charge in [-0.3, -0.25) is 4.98 Å². The molecule has 0 saturated carbocycles. The quantitative estimate of drug-likeness (QED) is 0.518. The first-order valence-corrected chi connectivity index (χ1v) is 8.21. The molecule has 2 heteroatoms. The minimum atomic E-state index is 0.276. The molecule has 0 aliphatic carbocycles. The van der Waals surface area contributed by atoms with E-state index < -0.39 is 0 Å². The summed E-state index contributed by atoms with van der Waals surface area (Å²) in [4.78, 5) is 4.26. The van der Waals surface area contributed by atoms with Gasteiger partial charge in [-0.25, -0.2) is 0 Å². The van der Waals surface area contributed by atoms with Gasteiger partial charge in [0.05, 0.1) is 0 Å². The molecule has 0 amide bonds. The van der Waals surface area contributed by atoms with Gasteiger partial charge in [0.2, 0.25) is 0 Å². The van der Waals surface area contributed by atoms with Gasteiger partial charge in [0.15, 0.2) is 0 Å². The fourth-order valence-electron chi connectivity index (χ4n) is 3.05. The van der Waals surface area contributed by atoms with E-state index in [0.29, 0.717) is 0 Å². The number of phenolic OH excluding ortho intramolecular Hbond substituents is 1. The molecule has 4 aromatic rings. The van der Waals surface area contributed by atoms with E-state index in [1.165, 1.54) is 0 Å². The van der Waals surface area contributed by atoms with E-state index in [4.69, 9.17) is 0 Å². The van der Waals surface area contributed by atoms with Gasteiger partial charge in [-0.15, -0.1) is 0 Å². The Bertz CT molecular complexity index is 980. The van der Waals surface area contributed by atoms with E-state index >= 15 is 0 Å². The Hall–Kier alpha value is -3.39. The minimum Gasteiger partial charge on any atom is -0.507 e. The van der Waals surface area contributed by atoms with Crippen LogP contribution in [0.4, 0.5) is 0 Å². The molecule has 0 bridgehead atoms. The SMILES string of the molecule is Oc1cc(-c2ccccc2)c(-c2cccnc2)cc1-c1ccccc1. The fraction of sp³-hybridized carbons (Fsp3) is 0. The Kier molecular flexibility index (Phi) is 4.01.